The maximum absolute atomic E-state index is 6.12. The minimum absolute atomic E-state index is 0.543. The Kier molecular flexibility index (Phi) is 4.82. The van der Waals surface area contributed by atoms with Gasteiger partial charge in [-0.05, 0) is 35.7 Å². The van der Waals surface area contributed by atoms with E-state index in [0.717, 1.165) is 21.8 Å². The van der Waals surface area contributed by atoms with Crippen molar-refractivity contribution in [3.8, 4) is 33.0 Å². The van der Waals surface area contributed by atoms with E-state index in [1.165, 1.54) is 16.7 Å². The molecule has 0 N–H and O–H groups in total. The molecule has 3 aromatic carbocycles. The van der Waals surface area contributed by atoms with Crippen molar-refractivity contribution >= 4 is 34.5 Å². The van der Waals surface area contributed by atoms with Gasteiger partial charge < -0.3 is 0 Å². The lowest BCUT2D eigenvalue weighted by Crippen LogP contribution is -1.84. The number of benzene rings is 3. The summed E-state index contributed by atoms with van der Waals surface area (Å²) in [5, 5.41) is 4.13. The fraction of sp³-hybridized carbons (Fsp3) is 0.0455. The van der Waals surface area contributed by atoms with E-state index in [4.69, 9.17) is 28.2 Å². The van der Waals surface area contributed by atoms with Gasteiger partial charge in [0.15, 0.2) is 0 Å². The van der Waals surface area contributed by atoms with E-state index in [1.54, 1.807) is 17.4 Å². The highest BCUT2D eigenvalue weighted by Gasteiger charge is 2.09. The molecule has 0 saturated carbocycles. The van der Waals surface area contributed by atoms with Crippen molar-refractivity contribution in [1.82, 2.24) is 4.98 Å². The van der Waals surface area contributed by atoms with Gasteiger partial charge in [0.2, 0.25) is 0 Å². The minimum atomic E-state index is 0.543. The fourth-order valence-corrected chi connectivity index (χ4v) is 4.02. The van der Waals surface area contributed by atoms with Crippen LogP contribution in [-0.4, -0.2) is 4.98 Å². The topological polar surface area (TPSA) is 12.9 Å². The highest BCUT2D eigenvalue weighted by atomic mass is 35.5. The highest BCUT2D eigenvalue weighted by Crippen LogP contribution is 2.33. The van der Waals surface area contributed by atoms with Gasteiger partial charge in [0.05, 0.1) is 15.7 Å². The molecule has 0 fully saturated rings. The second kappa shape index (κ2) is 7.24. The number of hydrogen-bond donors (Lipinski definition) is 0. The maximum Gasteiger partial charge on any atom is 0.124 e. The summed E-state index contributed by atoms with van der Waals surface area (Å²) in [6.45, 7) is 2.13. The first kappa shape index (κ1) is 17.3. The zero-order valence-corrected chi connectivity index (χ0v) is 16.4. The van der Waals surface area contributed by atoms with Crippen LogP contribution < -0.4 is 0 Å². The number of halogens is 2. The maximum atomic E-state index is 6.12. The predicted molar refractivity (Wildman–Crippen MR) is 113 cm³/mol. The molecule has 0 saturated heterocycles. The van der Waals surface area contributed by atoms with Crippen LogP contribution >= 0.6 is 34.5 Å². The molecule has 0 radical (unpaired) electrons. The van der Waals surface area contributed by atoms with Crippen LogP contribution in [0, 0.1) is 6.92 Å². The Morgan fingerprint density at radius 2 is 1.46 bits per heavy atom. The first-order valence-electron chi connectivity index (χ1n) is 8.19. The van der Waals surface area contributed by atoms with Crippen LogP contribution in [-0.2, 0) is 0 Å². The Morgan fingerprint density at radius 1 is 0.769 bits per heavy atom. The number of aromatic nitrogens is 1. The van der Waals surface area contributed by atoms with E-state index >= 15 is 0 Å². The SMILES string of the molecule is Cc1ccccc1-c1ccc(-c2nc(-c3ccc(Cl)c(Cl)c3)cs2)cc1. The first-order chi connectivity index (χ1) is 12.6. The van der Waals surface area contributed by atoms with Crippen molar-refractivity contribution in [2.45, 2.75) is 6.92 Å². The number of hydrogen-bond acceptors (Lipinski definition) is 2. The molecule has 128 valence electrons. The minimum Gasteiger partial charge on any atom is -0.236 e. The fourth-order valence-electron chi connectivity index (χ4n) is 2.88. The lowest BCUT2D eigenvalue weighted by Gasteiger charge is -2.06. The molecule has 26 heavy (non-hydrogen) atoms. The molecule has 4 rings (SSSR count). The second-order valence-electron chi connectivity index (χ2n) is 6.06. The molecule has 0 aliphatic carbocycles. The lowest BCUT2D eigenvalue weighted by molar-refractivity contribution is 1.40. The third-order valence-electron chi connectivity index (χ3n) is 4.31. The Bertz CT molecular complexity index is 1070. The largest absolute Gasteiger partial charge is 0.236 e. The third kappa shape index (κ3) is 3.41. The molecular weight excluding hydrogens is 381 g/mol. The Balaban J connectivity index is 1.64. The van der Waals surface area contributed by atoms with Gasteiger partial charge in [-0.1, -0.05) is 77.8 Å². The van der Waals surface area contributed by atoms with E-state index in [0.29, 0.717) is 10.0 Å². The molecule has 0 atom stereocenters. The number of aryl methyl sites for hydroxylation is 1. The van der Waals surface area contributed by atoms with Gasteiger partial charge in [-0.3, -0.25) is 0 Å². The van der Waals surface area contributed by atoms with E-state index in [1.807, 2.05) is 17.5 Å². The Hall–Kier alpha value is -2.13. The first-order valence-corrected chi connectivity index (χ1v) is 9.83. The van der Waals surface area contributed by atoms with Crippen molar-refractivity contribution in [2.24, 2.45) is 0 Å². The summed E-state index contributed by atoms with van der Waals surface area (Å²) in [5.74, 6) is 0. The van der Waals surface area contributed by atoms with Crippen molar-refractivity contribution in [3.63, 3.8) is 0 Å². The summed E-state index contributed by atoms with van der Waals surface area (Å²) in [7, 11) is 0. The van der Waals surface area contributed by atoms with Gasteiger partial charge in [0.1, 0.15) is 5.01 Å². The molecule has 0 spiro atoms. The molecule has 0 unspecified atom stereocenters. The molecule has 1 heterocycles. The van der Waals surface area contributed by atoms with Crippen LogP contribution in [0.3, 0.4) is 0 Å². The average Bonchev–Trinajstić information content (AvgIpc) is 3.15. The predicted octanol–water partition coefficient (Wildman–Crippen LogP) is 7.76. The lowest BCUT2D eigenvalue weighted by atomic mass is 10.00. The molecule has 4 heteroatoms. The van der Waals surface area contributed by atoms with Crippen LogP contribution in [0.5, 0.6) is 0 Å². The number of rotatable bonds is 3. The Morgan fingerprint density at radius 3 is 2.19 bits per heavy atom. The molecule has 0 aliphatic rings. The summed E-state index contributed by atoms with van der Waals surface area (Å²) < 4.78 is 0. The smallest absolute Gasteiger partial charge is 0.124 e. The summed E-state index contributed by atoms with van der Waals surface area (Å²) in [5.41, 5.74) is 6.74. The zero-order valence-electron chi connectivity index (χ0n) is 14.0. The van der Waals surface area contributed by atoms with Crippen LogP contribution in [0.2, 0.25) is 10.0 Å². The molecule has 1 aromatic heterocycles. The molecule has 1 nitrogen and oxygen atoms in total. The molecule has 0 aliphatic heterocycles. The van der Waals surface area contributed by atoms with Crippen molar-refractivity contribution in [3.05, 3.63) is 87.7 Å². The van der Waals surface area contributed by atoms with Gasteiger partial charge in [-0.2, -0.15) is 0 Å². The normalized spacial score (nSPS) is 10.9. The summed E-state index contributed by atoms with van der Waals surface area (Å²) >= 11 is 13.7. The van der Waals surface area contributed by atoms with Gasteiger partial charge in [-0.25, -0.2) is 4.98 Å². The highest BCUT2D eigenvalue weighted by molar-refractivity contribution is 7.13. The number of nitrogens with zero attached hydrogens (tertiary/aromatic N) is 1. The van der Waals surface area contributed by atoms with Crippen molar-refractivity contribution in [1.29, 1.82) is 0 Å². The molecule has 0 bridgehead atoms. The summed E-state index contributed by atoms with van der Waals surface area (Å²) in [6.07, 6.45) is 0. The van der Waals surface area contributed by atoms with Crippen LogP contribution in [0.15, 0.2) is 72.1 Å². The second-order valence-corrected chi connectivity index (χ2v) is 7.73. The third-order valence-corrected chi connectivity index (χ3v) is 5.94. The average molecular weight is 396 g/mol. The van der Waals surface area contributed by atoms with Gasteiger partial charge in [0, 0.05) is 16.5 Å². The van der Waals surface area contributed by atoms with Crippen molar-refractivity contribution in [2.75, 3.05) is 0 Å². The quantitative estimate of drug-likeness (QED) is 0.345. The van der Waals surface area contributed by atoms with Crippen LogP contribution in [0.1, 0.15) is 5.56 Å². The van der Waals surface area contributed by atoms with E-state index < -0.39 is 0 Å². The summed E-state index contributed by atoms with van der Waals surface area (Å²) in [4.78, 5) is 4.76. The standard InChI is InChI=1S/C22H15Cl2NS/c1-14-4-2-3-5-18(14)15-6-8-16(9-7-15)22-25-21(13-26-22)17-10-11-19(23)20(24)12-17/h2-13H,1H3. The van der Waals surface area contributed by atoms with Crippen LogP contribution in [0.4, 0.5) is 0 Å². The van der Waals surface area contributed by atoms with E-state index in [2.05, 4.69) is 55.5 Å². The monoisotopic (exact) mass is 395 g/mol. The van der Waals surface area contributed by atoms with Crippen molar-refractivity contribution < 1.29 is 0 Å². The molecule has 4 aromatic rings. The van der Waals surface area contributed by atoms with E-state index in [-0.39, 0.29) is 0 Å². The number of thiazole rings is 1. The van der Waals surface area contributed by atoms with Gasteiger partial charge in [0.25, 0.3) is 0 Å². The molecular formula is C22H15Cl2NS. The molecule has 0 amide bonds. The van der Waals surface area contributed by atoms with Crippen LogP contribution in [0.25, 0.3) is 33.0 Å². The van der Waals surface area contributed by atoms with Gasteiger partial charge in [-0.15, -0.1) is 11.3 Å². The van der Waals surface area contributed by atoms with Gasteiger partial charge >= 0.3 is 0 Å². The zero-order chi connectivity index (χ0) is 18.1. The summed E-state index contributed by atoms with van der Waals surface area (Å²) in [6, 6.07) is 22.6. The Labute approximate surface area is 166 Å². The van der Waals surface area contributed by atoms with E-state index in [9.17, 15) is 0 Å².